The summed E-state index contributed by atoms with van der Waals surface area (Å²) in [5.74, 6) is -0.327. The minimum absolute atomic E-state index is 0.0202. The van der Waals surface area contributed by atoms with Crippen LogP contribution in [-0.2, 0) is 14.0 Å². The zero-order valence-corrected chi connectivity index (χ0v) is 18.9. The molecule has 1 aliphatic rings. The fourth-order valence-electron chi connectivity index (χ4n) is 4.37. The molecule has 4 nitrogen and oxygen atoms in total. The summed E-state index contributed by atoms with van der Waals surface area (Å²) in [5.41, 5.74) is -0.804. The van der Waals surface area contributed by atoms with Gasteiger partial charge in [0.1, 0.15) is 0 Å². The van der Waals surface area contributed by atoms with E-state index in [1.165, 1.54) is 10.4 Å². The number of hydrogen-bond donors (Lipinski definition) is 1. The van der Waals surface area contributed by atoms with E-state index in [9.17, 15) is 9.90 Å². The molecule has 0 amide bonds. The normalized spacial score (nSPS) is 21.6. The van der Waals surface area contributed by atoms with Crippen LogP contribution in [0, 0.1) is 11.3 Å². The lowest BCUT2D eigenvalue weighted by atomic mass is 10.1. The van der Waals surface area contributed by atoms with Crippen molar-refractivity contribution in [2.24, 2.45) is 11.3 Å². The number of hydrogen-bond acceptors (Lipinski definition) is 4. The highest BCUT2D eigenvalue weighted by Crippen LogP contribution is 2.54. The van der Waals surface area contributed by atoms with Crippen LogP contribution in [0.15, 0.2) is 60.7 Å². The molecule has 0 bridgehead atoms. The SMILES string of the molecule is CCOC(=O)[C@]1(CO)C[C@H]1CO[Si](c1ccccc1)(c1ccccc1)C(C)(C)C. The zero-order chi connectivity index (χ0) is 21.1. The number of benzene rings is 2. The molecule has 156 valence electrons. The molecule has 1 fully saturated rings. The van der Waals surface area contributed by atoms with Crippen molar-refractivity contribution in [3.8, 4) is 0 Å². The molecule has 0 radical (unpaired) electrons. The van der Waals surface area contributed by atoms with Gasteiger partial charge in [-0.25, -0.2) is 0 Å². The predicted molar refractivity (Wildman–Crippen MR) is 118 cm³/mol. The number of rotatable bonds is 8. The molecular formula is C24H32O4Si. The van der Waals surface area contributed by atoms with Crippen LogP contribution in [0.3, 0.4) is 0 Å². The Kier molecular flexibility index (Phi) is 6.32. The Balaban J connectivity index is 1.96. The molecule has 1 aliphatic carbocycles. The first kappa shape index (κ1) is 21.7. The Bertz CT molecular complexity index is 776. The lowest BCUT2D eigenvalue weighted by molar-refractivity contribution is -0.152. The Hall–Kier alpha value is -1.95. The van der Waals surface area contributed by atoms with Crippen molar-refractivity contribution in [3.63, 3.8) is 0 Å². The van der Waals surface area contributed by atoms with Crippen molar-refractivity contribution >= 4 is 24.7 Å². The molecule has 1 N–H and O–H groups in total. The molecule has 0 saturated heterocycles. The van der Waals surface area contributed by atoms with Crippen LogP contribution in [-0.4, -0.2) is 39.2 Å². The third-order valence-electron chi connectivity index (χ3n) is 6.11. The van der Waals surface area contributed by atoms with Gasteiger partial charge in [-0.1, -0.05) is 81.4 Å². The number of carbonyl (C=O) groups excluding carboxylic acids is 1. The van der Waals surface area contributed by atoms with E-state index in [2.05, 4.69) is 69.3 Å². The molecule has 0 spiro atoms. The van der Waals surface area contributed by atoms with Gasteiger partial charge < -0.3 is 14.3 Å². The number of ether oxygens (including phenoxy) is 1. The molecule has 0 aliphatic heterocycles. The van der Waals surface area contributed by atoms with Crippen molar-refractivity contribution in [3.05, 3.63) is 60.7 Å². The standard InChI is InChI=1S/C24H32O4Si/c1-5-27-22(26)24(18-25)16-19(24)17-28-29(23(2,3)4,20-12-8-6-9-13-20)21-14-10-7-11-15-21/h6-15,19,25H,5,16-18H2,1-4H3/t19-,24-/m0/s1. The van der Waals surface area contributed by atoms with Crippen LogP contribution >= 0.6 is 0 Å². The van der Waals surface area contributed by atoms with Gasteiger partial charge in [0.15, 0.2) is 0 Å². The van der Waals surface area contributed by atoms with Crippen LogP contribution in [0.1, 0.15) is 34.1 Å². The number of esters is 1. The van der Waals surface area contributed by atoms with Gasteiger partial charge in [-0.3, -0.25) is 4.79 Å². The fraction of sp³-hybridized carbons (Fsp3) is 0.458. The molecule has 0 aromatic heterocycles. The molecule has 3 rings (SSSR count). The van der Waals surface area contributed by atoms with E-state index in [0.717, 1.165) is 0 Å². The summed E-state index contributed by atoms with van der Waals surface area (Å²) in [4.78, 5) is 12.4. The van der Waals surface area contributed by atoms with Gasteiger partial charge in [0.2, 0.25) is 0 Å². The van der Waals surface area contributed by atoms with Crippen LogP contribution in [0.25, 0.3) is 0 Å². The summed E-state index contributed by atoms with van der Waals surface area (Å²) in [6, 6.07) is 20.9. The topological polar surface area (TPSA) is 55.8 Å². The van der Waals surface area contributed by atoms with E-state index in [4.69, 9.17) is 9.16 Å². The van der Waals surface area contributed by atoms with Crippen LogP contribution in [0.5, 0.6) is 0 Å². The second-order valence-electron chi connectivity index (χ2n) is 8.91. The molecule has 2 aromatic carbocycles. The molecular weight excluding hydrogens is 380 g/mol. The first-order chi connectivity index (χ1) is 13.8. The Morgan fingerprint density at radius 3 is 2.00 bits per heavy atom. The van der Waals surface area contributed by atoms with E-state index in [-0.39, 0.29) is 23.5 Å². The molecule has 1 saturated carbocycles. The van der Waals surface area contributed by atoms with Crippen LogP contribution in [0.4, 0.5) is 0 Å². The maximum atomic E-state index is 12.4. The summed E-state index contributed by atoms with van der Waals surface area (Å²) in [6.07, 6.45) is 0.612. The van der Waals surface area contributed by atoms with Gasteiger partial charge >= 0.3 is 5.97 Å². The first-order valence-electron chi connectivity index (χ1n) is 10.3. The smallest absolute Gasteiger partial charge is 0.314 e. The van der Waals surface area contributed by atoms with Crippen LogP contribution < -0.4 is 10.4 Å². The van der Waals surface area contributed by atoms with Crippen molar-refractivity contribution in [2.45, 2.75) is 39.2 Å². The summed E-state index contributed by atoms with van der Waals surface area (Å²) in [5, 5.41) is 12.2. The maximum absolute atomic E-state index is 12.4. The average molecular weight is 413 g/mol. The fourth-order valence-corrected chi connectivity index (χ4v) is 8.98. The molecule has 2 aromatic rings. The van der Waals surface area contributed by atoms with Crippen molar-refractivity contribution in [1.29, 1.82) is 0 Å². The third kappa shape index (κ3) is 3.91. The molecule has 0 heterocycles. The van der Waals surface area contributed by atoms with Gasteiger partial charge in [-0.05, 0) is 28.8 Å². The van der Waals surface area contributed by atoms with Crippen molar-refractivity contribution < 1.29 is 19.1 Å². The van der Waals surface area contributed by atoms with Gasteiger partial charge in [0.05, 0.1) is 18.6 Å². The largest absolute Gasteiger partial charge is 0.465 e. The molecule has 2 atom stereocenters. The van der Waals surface area contributed by atoms with Gasteiger partial charge in [0, 0.05) is 12.5 Å². The Morgan fingerprint density at radius 2 is 1.59 bits per heavy atom. The lowest BCUT2D eigenvalue weighted by Gasteiger charge is -2.43. The monoisotopic (exact) mass is 412 g/mol. The van der Waals surface area contributed by atoms with Crippen molar-refractivity contribution in [1.82, 2.24) is 0 Å². The zero-order valence-electron chi connectivity index (χ0n) is 17.9. The Labute approximate surface area is 175 Å². The lowest BCUT2D eigenvalue weighted by Crippen LogP contribution is -2.66. The van der Waals surface area contributed by atoms with E-state index in [0.29, 0.717) is 19.6 Å². The maximum Gasteiger partial charge on any atom is 0.314 e. The number of aliphatic hydroxyl groups excluding tert-OH is 1. The number of aliphatic hydroxyl groups is 1. The van der Waals surface area contributed by atoms with E-state index in [1.54, 1.807) is 6.92 Å². The summed E-state index contributed by atoms with van der Waals surface area (Å²) in [7, 11) is -2.63. The summed E-state index contributed by atoms with van der Waals surface area (Å²) >= 11 is 0. The van der Waals surface area contributed by atoms with Gasteiger partial charge in [-0.2, -0.15) is 0 Å². The summed E-state index contributed by atoms with van der Waals surface area (Å²) in [6.45, 7) is 9.06. The highest BCUT2D eigenvalue weighted by Gasteiger charge is 2.62. The molecule has 0 unspecified atom stereocenters. The first-order valence-corrected chi connectivity index (χ1v) is 12.3. The minimum Gasteiger partial charge on any atom is -0.465 e. The van der Waals surface area contributed by atoms with Gasteiger partial charge in [0.25, 0.3) is 8.32 Å². The molecule has 29 heavy (non-hydrogen) atoms. The second kappa shape index (κ2) is 8.42. The van der Waals surface area contributed by atoms with Crippen molar-refractivity contribution in [2.75, 3.05) is 19.8 Å². The summed E-state index contributed by atoms with van der Waals surface area (Å²) < 4.78 is 12.1. The van der Waals surface area contributed by atoms with E-state index < -0.39 is 13.7 Å². The average Bonchev–Trinajstić information content (AvgIpc) is 3.44. The highest BCUT2D eigenvalue weighted by molar-refractivity contribution is 6.99. The predicted octanol–water partition coefficient (Wildman–Crippen LogP) is 3.12. The van der Waals surface area contributed by atoms with E-state index >= 15 is 0 Å². The molecule has 5 heteroatoms. The van der Waals surface area contributed by atoms with Gasteiger partial charge in [-0.15, -0.1) is 0 Å². The van der Waals surface area contributed by atoms with E-state index in [1.807, 2.05) is 12.1 Å². The second-order valence-corrected chi connectivity index (χ2v) is 13.2. The van der Waals surface area contributed by atoms with Crippen LogP contribution in [0.2, 0.25) is 5.04 Å². The Morgan fingerprint density at radius 1 is 1.07 bits per heavy atom. The minimum atomic E-state index is -2.63. The highest BCUT2D eigenvalue weighted by atomic mass is 28.4. The third-order valence-corrected chi connectivity index (χ3v) is 11.1. The number of carbonyl (C=O) groups is 1. The quantitative estimate of drug-likeness (QED) is 0.535.